The van der Waals surface area contributed by atoms with Crippen molar-refractivity contribution >= 4 is 43.8 Å². The van der Waals surface area contributed by atoms with E-state index in [2.05, 4.69) is 41.8 Å². The van der Waals surface area contributed by atoms with Crippen LogP contribution in [0.4, 0.5) is 0 Å². The van der Waals surface area contributed by atoms with Crippen molar-refractivity contribution in [3.8, 4) is 0 Å². The highest BCUT2D eigenvalue weighted by Gasteiger charge is 2.05. The van der Waals surface area contributed by atoms with Crippen LogP contribution in [0.25, 0.3) is 0 Å². The van der Waals surface area contributed by atoms with Gasteiger partial charge in [-0.25, -0.2) is 9.59 Å². The molecule has 1 N–H and O–H groups in total. The van der Waals surface area contributed by atoms with Crippen molar-refractivity contribution in [2.75, 3.05) is 6.61 Å². The maximum absolute atomic E-state index is 11.1. The number of carboxylic acid groups (broad SMARTS) is 1. The van der Waals surface area contributed by atoms with Crippen LogP contribution in [0.1, 0.15) is 27.6 Å². The van der Waals surface area contributed by atoms with E-state index >= 15 is 0 Å². The molecular formula is C14H12Br2N2O4. The van der Waals surface area contributed by atoms with E-state index in [-0.39, 0.29) is 11.5 Å². The predicted octanol–water partition coefficient (Wildman–Crippen LogP) is 3.56. The van der Waals surface area contributed by atoms with Crippen LogP contribution in [0.5, 0.6) is 0 Å². The topological polar surface area (TPSA) is 89.4 Å². The van der Waals surface area contributed by atoms with Gasteiger partial charge in [-0.05, 0) is 50.9 Å². The molecule has 0 bridgehead atoms. The molecule has 6 nitrogen and oxygen atoms in total. The second-order valence-corrected chi connectivity index (χ2v) is 5.64. The molecule has 0 spiro atoms. The number of ether oxygens (including phenoxy) is 1. The van der Waals surface area contributed by atoms with Crippen LogP contribution in [0.3, 0.4) is 0 Å². The minimum absolute atomic E-state index is 0.189. The van der Waals surface area contributed by atoms with Gasteiger partial charge in [-0.3, -0.25) is 9.97 Å². The van der Waals surface area contributed by atoms with Crippen molar-refractivity contribution in [3.63, 3.8) is 0 Å². The van der Waals surface area contributed by atoms with E-state index in [9.17, 15) is 9.59 Å². The van der Waals surface area contributed by atoms with Crippen molar-refractivity contribution < 1.29 is 19.4 Å². The highest BCUT2D eigenvalue weighted by molar-refractivity contribution is 9.10. The molecule has 2 heterocycles. The first-order valence-electron chi connectivity index (χ1n) is 6.05. The minimum atomic E-state index is -0.964. The summed E-state index contributed by atoms with van der Waals surface area (Å²) in [5.41, 5.74) is 0.653. The Morgan fingerprint density at radius 3 is 1.95 bits per heavy atom. The van der Waals surface area contributed by atoms with Crippen molar-refractivity contribution in [1.29, 1.82) is 0 Å². The number of rotatable bonds is 3. The zero-order chi connectivity index (χ0) is 16.5. The zero-order valence-electron chi connectivity index (χ0n) is 11.5. The van der Waals surface area contributed by atoms with E-state index in [0.29, 0.717) is 16.6 Å². The molecule has 0 unspecified atom stereocenters. The Morgan fingerprint density at radius 2 is 1.55 bits per heavy atom. The Bertz CT molecular complexity index is 665. The molecule has 0 aliphatic carbocycles. The maximum atomic E-state index is 11.1. The van der Waals surface area contributed by atoms with Gasteiger partial charge in [0.2, 0.25) is 0 Å². The Morgan fingerprint density at radius 1 is 1.05 bits per heavy atom. The molecule has 0 saturated carbocycles. The number of carbonyl (C=O) groups excluding carboxylic acids is 1. The maximum Gasteiger partial charge on any atom is 0.339 e. The van der Waals surface area contributed by atoms with Crippen LogP contribution in [0, 0.1) is 0 Å². The number of nitrogens with zero attached hydrogens (tertiary/aromatic N) is 2. The fourth-order valence-corrected chi connectivity index (χ4v) is 2.00. The predicted molar refractivity (Wildman–Crippen MR) is 86.8 cm³/mol. The summed E-state index contributed by atoms with van der Waals surface area (Å²) < 4.78 is 6.23. The van der Waals surface area contributed by atoms with Gasteiger partial charge in [-0.1, -0.05) is 0 Å². The number of carbonyl (C=O) groups is 2. The van der Waals surface area contributed by atoms with Crippen LogP contribution in [0.2, 0.25) is 0 Å². The van der Waals surface area contributed by atoms with Crippen LogP contribution in [-0.4, -0.2) is 33.6 Å². The van der Waals surface area contributed by atoms with E-state index in [4.69, 9.17) is 9.84 Å². The third kappa shape index (κ3) is 6.31. The van der Waals surface area contributed by atoms with Gasteiger partial charge in [-0.15, -0.1) is 0 Å². The molecule has 2 aromatic heterocycles. The first kappa shape index (κ1) is 18.2. The molecule has 22 heavy (non-hydrogen) atoms. The summed E-state index contributed by atoms with van der Waals surface area (Å²) in [7, 11) is 0. The highest BCUT2D eigenvalue weighted by Crippen LogP contribution is 2.10. The summed E-state index contributed by atoms with van der Waals surface area (Å²) >= 11 is 6.32. The van der Waals surface area contributed by atoms with Gasteiger partial charge in [0, 0.05) is 33.7 Å². The van der Waals surface area contributed by atoms with Crippen LogP contribution < -0.4 is 0 Å². The summed E-state index contributed by atoms with van der Waals surface area (Å²) in [5, 5.41) is 8.45. The third-order valence-corrected chi connectivity index (χ3v) is 3.04. The molecule has 0 aliphatic rings. The lowest BCUT2D eigenvalue weighted by Gasteiger charge is -2.00. The molecule has 116 valence electrons. The molecule has 0 radical (unpaired) electrons. The molecule has 0 saturated heterocycles. The molecule has 2 rings (SSSR count). The minimum Gasteiger partial charge on any atom is -0.478 e. The zero-order valence-corrected chi connectivity index (χ0v) is 14.7. The Hall–Kier alpha value is -1.80. The molecule has 8 heteroatoms. The molecule has 0 fully saturated rings. The average Bonchev–Trinajstić information content (AvgIpc) is 2.48. The second-order valence-electron chi connectivity index (χ2n) is 3.81. The van der Waals surface area contributed by atoms with E-state index in [1.54, 1.807) is 19.2 Å². The number of aromatic carboxylic acids is 1. The molecule has 2 aromatic rings. The summed E-state index contributed by atoms with van der Waals surface area (Å²) in [6.07, 6.45) is 5.92. The number of carboxylic acids is 1. The SMILES string of the molecule is CCOC(=O)c1cncc(Br)c1.O=C(O)c1cncc(Br)c1. The lowest BCUT2D eigenvalue weighted by atomic mass is 10.3. The summed E-state index contributed by atoms with van der Waals surface area (Å²) in [4.78, 5) is 28.9. The quantitative estimate of drug-likeness (QED) is 0.747. The van der Waals surface area contributed by atoms with Gasteiger partial charge >= 0.3 is 11.9 Å². The number of pyridine rings is 2. The molecule has 0 atom stereocenters. The van der Waals surface area contributed by atoms with Crippen LogP contribution in [0.15, 0.2) is 45.9 Å². The van der Waals surface area contributed by atoms with Crippen molar-refractivity contribution in [2.24, 2.45) is 0 Å². The highest BCUT2D eigenvalue weighted by atomic mass is 79.9. The normalized spacial score (nSPS) is 9.41. The van der Waals surface area contributed by atoms with E-state index < -0.39 is 5.97 Å². The van der Waals surface area contributed by atoms with Gasteiger partial charge in [0.1, 0.15) is 0 Å². The molecule has 0 aromatic carbocycles. The summed E-state index contributed by atoms with van der Waals surface area (Å²) in [6.45, 7) is 2.15. The number of hydrogen-bond donors (Lipinski definition) is 1. The standard InChI is InChI=1S/C8H8BrNO2.C6H4BrNO2/c1-2-12-8(11)6-3-7(9)5-10-4-6;7-5-1-4(6(9)10)2-8-3-5/h3-5H,2H2,1H3;1-3H,(H,9,10). The smallest absolute Gasteiger partial charge is 0.339 e. The van der Waals surface area contributed by atoms with Gasteiger partial charge in [-0.2, -0.15) is 0 Å². The fraction of sp³-hybridized carbons (Fsp3) is 0.143. The molecule has 0 aliphatic heterocycles. The van der Waals surface area contributed by atoms with Gasteiger partial charge in [0.15, 0.2) is 0 Å². The summed E-state index contributed by atoms with van der Waals surface area (Å²) in [6, 6.07) is 3.17. The molecular weight excluding hydrogens is 420 g/mol. The molecule has 0 amide bonds. The second kappa shape index (κ2) is 9.26. The average molecular weight is 432 g/mol. The van der Waals surface area contributed by atoms with E-state index in [1.807, 2.05) is 0 Å². The monoisotopic (exact) mass is 430 g/mol. The first-order valence-corrected chi connectivity index (χ1v) is 7.64. The van der Waals surface area contributed by atoms with Gasteiger partial charge < -0.3 is 9.84 Å². The fourth-order valence-electron chi connectivity index (χ4n) is 1.27. The van der Waals surface area contributed by atoms with E-state index in [1.165, 1.54) is 24.7 Å². The largest absolute Gasteiger partial charge is 0.478 e. The van der Waals surface area contributed by atoms with Crippen molar-refractivity contribution in [2.45, 2.75) is 6.92 Å². The Kier molecular flexibility index (Phi) is 7.69. The third-order valence-electron chi connectivity index (χ3n) is 2.17. The lowest BCUT2D eigenvalue weighted by molar-refractivity contribution is 0.0525. The van der Waals surface area contributed by atoms with E-state index in [0.717, 1.165) is 4.47 Å². The van der Waals surface area contributed by atoms with Crippen molar-refractivity contribution in [3.05, 3.63) is 57.0 Å². The Labute approximate surface area is 143 Å². The Balaban J connectivity index is 0.000000224. The van der Waals surface area contributed by atoms with Gasteiger partial charge in [0.05, 0.1) is 17.7 Å². The van der Waals surface area contributed by atoms with Gasteiger partial charge in [0.25, 0.3) is 0 Å². The lowest BCUT2D eigenvalue weighted by Crippen LogP contribution is -2.04. The summed E-state index contributed by atoms with van der Waals surface area (Å²) in [5.74, 6) is -1.31. The van der Waals surface area contributed by atoms with Crippen LogP contribution in [-0.2, 0) is 4.74 Å². The van der Waals surface area contributed by atoms with Crippen LogP contribution >= 0.6 is 31.9 Å². The number of hydrogen-bond acceptors (Lipinski definition) is 5. The van der Waals surface area contributed by atoms with Crippen molar-refractivity contribution in [1.82, 2.24) is 9.97 Å². The number of esters is 1. The number of aromatic nitrogens is 2. The number of halogens is 2. The first-order chi connectivity index (χ1) is 10.4.